The Morgan fingerprint density at radius 1 is 0.619 bits per heavy atom. The number of rotatable bonds is 15. The van der Waals surface area contributed by atoms with Crippen LogP contribution in [0.3, 0.4) is 0 Å². The number of hydrogen-bond donors (Lipinski definition) is 0. The zero-order valence-electron chi connectivity index (χ0n) is 24.1. The first kappa shape index (κ1) is 30.9. The van der Waals surface area contributed by atoms with Crippen LogP contribution in [0.25, 0.3) is 0 Å². The molecule has 0 aromatic heterocycles. The summed E-state index contributed by atoms with van der Waals surface area (Å²) in [7, 11) is 0. The van der Waals surface area contributed by atoms with Gasteiger partial charge >= 0.3 is 0 Å². The molecule has 1 aliphatic carbocycles. The maximum atomic E-state index is 14.8. The number of carbonyl (C=O) groups is 3. The zero-order valence-corrected chi connectivity index (χ0v) is 24.1. The lowest BCUT2D eigenvalue weighted by molar-refractivity contribution is -0.202. The van der Waals surface area contributed by atoms with Crippen LogP contribution >= 0.6 is 0 Å². The monoisotopic (exact) mass is 576 g/mol. The third kappa shape index (κ3) is 6.38. The van der Waals surface area contributed by atoms with Gasteiger partial charge in [0.2, 0.25) is 0 Å². The predicted molar refractivity (Wildman–Crippen MR) is 153 cm³/mol. The molecule has 9 heteroatoms. The van der Waals surface area contributed by atoms with Gasteiger partial charge < -0.3 is 14.7 Å². The van der Waals surface area contributed by atoms with Crippen molar-refractivity contribution in [2.45, 2.75) is 46.5 Å². The van der Waals surface area contributed by atoms with Gasteiger partial charge in [-0.3, -0.25) is 14.4 Å². The molecule has 4 rings (SSSR count). The van der Waals surface area contributed by atoms with Crippen molar-refractivity contribution in [3.05, 3.63) is 89.5 Å². The summed E-state index contributed by atoms with van der Waals surface area (Å²) in [6, 6.07) is 19.8. The van der Waals surface area contributed by atoms with Crippen LogP contribution in [0.5, 0.6) is 17.2 Å². The van der Waals surface area contributed by atoms with E-state index in [-0.39, 0.29) is 60.2 Å². The number of para-hydroxylation sites is 3. The molecule has 42 heavy (non-hydrogen) atoms. The number of carbonyl (C=O) groups excluding carboxylic acids is 3. The van der Waals surface area contributed by atoms with Crippen LogP contribution in [0.15, 0.2) is 72.8 Å². The summed E-state index contributed by atoms with van der Waals surface area (Å²) in [5.41, 5.74) is -1.28. The molecule has 0 spiro atoms. The topological polar surface area (TPSA) is 107 Å². The third-order valence-electron chi connectivity index (χ3n) is 7.25. The second kappa shape index (κ2) is 14.7. The van der Waals surface area contributed by atoms with E-state index in [9.17, 15) is 14.4 Å². The van der Waals surface area contributed by atoms with E-state index in [1.807, 2.05) is 0 Å². The molecule has 0 saturated heterocycles. The second-order valence-electron chi connectivity index (χ2n) is 9.75. The lowest BCUT2D eigenvalue weighted by Gasteiger charge is -2.41. The Bertz CT molecular complexity index is 1320. The highest BCUT2D eigenvalue weighted by atomic mass is 17.2. The number of Topliss-reactive ketones (excluding diaryl/α,β-unsaturated/α-hetero) is 3. The van der Waals surface area contributed by atoms with Crippen molar-refractivity contribution in [1.29, 1.82) is 0 Å². The summed E-state index contributed by atoms with van der Waals surface area (Å²) < 4.78 is 0. The molecule has 0 amide bonds. The largest absolute Gasteiger partial charge is 0.337 e. The summed E-state index contributed by atoms with van der Waals surface area (Å²) in [5.74, 6) is -1.94. The number of benzene rings is 3. The first-order chi connectivity index (χ1) is 20.5. The molecule has 0 bridgehead atoms. The molecule has 0 N–H and O–H groups in total. The molecule has 222 valence electrons. The predicted octanol–water partition coefficient (Wildman–Crippen LogP) is 6.80. The van der Waals surface area contributed by atoms with Gasteiger partial charge in [-0.25, -0.2) is 0 Å². The normalized spacial score (nSPS) is 15.9. The van der Waals surface area contributed by atoms with E-state index < -0.39 is 28.7 Å². The van der Waals surface area contributed by atoms with Crippen LogP contribution < -0.4 is 14.7 Å². The molecule has 3 aromatic rings. The van der Waals surface area contributed by atoms with Crippen molar-refractivity contribution in [2.24, 2.45) is 11.3 Å². The summed E-state index contributed by atoms with van der Waals surface area (Å²) in [6.45, 7) is 6.02. The van der Waals surface area contributed by atoms with Crippen LogP contribution in [-0.2, 0) is 14.7 Å². The maximum Gasteiger partial charge on any atom is 0.181 e. The Morgan fingerprint density at radius 3 is 1.48 bits per heavy atom. The average Bonchev–Trinajstić information content (AvgIpc) is 3.04. The van der Waals surface area contributed by atoms with Crippen LogP contribution in [0.4, 0.5) is 0 Å². The maximum absolute atomic E-state index is 14.8. The molecule has 0 heterocycles. The summed E-state index contributed by atoms with van der Waals surface area (Å²) in [6.07, 6.45) is 1.66. The van der Waals surface area contributed by atoms with Crippen molar-refractivity contribution >= 4 is 17.3 Å². The lowest BCUT2D eigenvalue weighted by atomic mass is 9.57. The second-order valence-corrected chi connectivity index (χ2v) is 9.75. The number of hydrogen-bond acceptors (Lipinski definition) is 9. The van der Waals surface area contributed by atoms with E-state index in [4.69, 9.17) is 29.3 Å². The summed E-state index contributed by atoms with van der Waals surface area (Å²) in [4.78, 5) is 75.9. The summed E-state index contributed by atoms with van der Waals surface area (Å²) in [5, 5.41) is 0. The standard InChI is InChI=1S/C33H36O9/c1-4-37-40-27-19-10-7-15-23(27)30(34)26-18-13-14-22-33(26,31(35)24-16-8-11-20-28(24)41-38-5-2)32(36)25-17-9-12-21-29(25)42-39-6-3/h7-12,15-17,19-21,26H,4-6,13-14,18,22H2,1-3H3. The van der Waals surface area contributed by atoms with Crippen molar-refractivity contribution in [2.75, 3.05) is 19.8 Å². The van der Waals surface area contributed by atoms with Gasteiger partial charge in [0.05, 0.1) is 36.5 Å². The Kier molecular flexibility index (Phi) is 10.8. The van der Waals surface area contributed by atoms with Crippen LogP contribution in [0, 0.1) is 11.3 Å². The van der Waals surface area contributed by atoms with Crippen LogP contribution in [-0.4, -0.2) is 37.2 Å². The quantitative estimate of drug-likeness (QED) is 0.0835. The molecule has 0 radical (unpaired) electrons. The Balaban J connectivity index is 1.91. The highest BCUT2D eigenvalue weighted by Gasteiger charge is 2.57. The highest BCUT2D eigenvalue weighted by molar-refractivity contribution is 6.24. The molecule has 1 saturated carbocycles. The molecule has 9 nitrogen and oxygen atoms in total. The Labute approximate surface area is 245 Å². The van der Waals surface area contributed by atoms with E-state index in [1.54, 1.807) is 93.6 Å². The summed E-state index contributed by atoms with van der Waals surface area (Å²) >= 11 is 0. The van der Waals surface area contributed by atoms with Gasteiger partial charge in [0.1, 0.15) is 5.41 Å². The fourth-order valence-corrected chi connectivity index (χ4v) is 5.41. The molecule has 0 aliphatic heterocycles. The SMILES string of the molecule is CCOOc1ccccc1C(=O)C1CCCCC1(C(=O)c1ccccc1OOCC)C(=O)c1ccccc1OOCC. The minimum Gasteiger partial charge on any atom is -0.337 e. The van der Waals surface area contributed by atoms with Gasteiger partial charge in [-0.1, -0.05) is 49.2 Å². The lowest BCUT2D eigenvalue weighted by Crippen LogP contribution is -2.51. The fraction of sp³-hybridized carbons (Fsp3) is 0.364. The van der Waals surface area contributed by atoms with Crippen LogP contribution in [0.2, 0.25) is 0 Å². The fourth-order valence-electron chi connectivity index (χ4n) is 5.41. The van der Waals surface area contributed by atoms with Gasteiger partial charge in [-0.15, -0.1) is 0 Å². The minimum absolute atomic E-state index is 0.140. The molecular formula is C33H36O9. The van der Waals surface area contributed by atoms with Gasteiger partial charge in [-0.05, 0) is 70.0 Å². The molecule has 1 unspecified atom stereocenters. The van der Waals surface area contributed by atoms with E-state index in [0.29, 0.717) is 19.3 Å². The average molecular weight is 577 g/mol. The van der Waals surface area contributed by atoms with Crippen LogP contribution in [0.1, 0.15) is 77.5 Å². The Hall–Kier alpha value is -4.05. The van der Waals surface area contributed by atoms with E-state index in [1.165, 1.54) is 0 Å². The van der Waals surface area contributed by atoms with Gasteiger partial charge in [0, 0.05) is 5.92 Å². The molecule has 1 atom stereocenters. The van der Waals surface area contributed by atoms with Gasteiger partial charge in [-0.2, -0.15) is 14.7 Å². The smallest absolute Gasteiger partial charge is 0.181 e. The first-order valence-electron chi connectivity index (χ1n) is 14.3. The Morgan fingerprint density at radius 2 is 1.02 bits per heavy atom. The zero-order chi connectivity index (χ0) is 30.0. The molecular weight excluding hydrogens is 540 g/mol. The molecule has 1 fully saturated rings. The molecule has 1 aliphatic rings. The first-order valence-corrected chi connectivity index (χ1v) is 14.3. The van der Waals surface area contributed by atoms with Gasteiger partial charge in [0.25, 0.3) is 0 Å². The third-order valence-corrected chi connectivity index (χ3v) is 7.25. The van der Waals surface area contributed by atoms with Gasteiger partial charge in [0.15, 0.2) is 34.6 Å². The van der Waals surface area contributed by atoms with Crippen molar-refractivity contribution < 1.29 is 43.7 Å². The van der Waals surface area contributed by atoms with Crippen molar-refractivity contribution in [3.63, 3.8) is 0 Å². The van der Waals surface area contributed by atoms with Crippen molar-refractivity contribution in [3.8, 4) is 17.2 Å². The minimum atomic E-state index is -1.79. The number of ketones is 3. The highest BCUT2D eigenvalue weighted by Crippen LogP contribution is 2.50. The van der Waals surface area contributed by atoms with E-state index in [2.05, 4.69) is 0 Å². The van der Waals surface area contributed by atoms with Crippen molar-refractivity contribution in [1.82, 2.24) is 0 Å². The van der Waals surface area contributed by atoms with E-state index in [0.717, 1.165) is 0 Å². The molecule has 3 aromatic carbocycles. The van der Waals surface area contributed by atoms with E-state index >= 15 is 0 Å².